The summed E-state index contributed by atoms with van der Waals surface area (Å²) >= 11 is 1.35. The van der Waals surface area contributed by atoms with Gasteiger partial charge < -0.3 is 9.64 Å². The lowest BCUT2D eigenvalue weighted by atomic mass is 10.1. The highest BCUT2D eigenvalue weighted by Crippen LogP contribution is 2.35. The van der Waals surface area contributed by atoms with Gasteiger partial charge >= 0.3 is 0 Å². The van der Waals surface area contributed by atoms with E-state index in [1.54, 1.807) is 18.2 Å². The zero-order valence-electron chi connectivity index (χ0n) is 23.6. The van der Waals surface area contributed by atoms with E-state index in [9.17, 15) is 13.2 Å². The van der Waals surface area contributed by atoms with Crippen LogP contribution in [0.2, 0.25) is 0 Å². The monoisotopic (exact) mass is 603 g/mol. The number of benzene rings is 3. The van der Waals surface area contributed by atoms with Gasteiger partial charge in [0.1, 0.15) is 0 Å². The smallest absolute Gasteiger partial charge is 0.243 e. The lowest BCUT2D eigenvalue weighted by Gasteiger charge is -2.26. The van der Waals surface area contributed by atoms with E-state index in [4.69, 9.17) is 4.74 Å². The number of para-hydroxylation sites is 1. The molecule has 1 aromatic heterocycles. The lowest BCUT2D eigenvalue weighted by Crippen LogP contribution is -2.40. The van der Waals surface area contributed by atoms with E-state index in [0.29, 0.717) is 42.8 Å². The van der Waals surface area contributed by atoms with Gasteiger partial charge in [-0.25, -0.2) is 8.42 Å². The fraction of sp³-hybridized carbons (Fsp3) is 0.323. The Hall–Kier alpha value is -3.51. The maximum Gasteiger partial charge on any atom is 0.243 e. The van der Waals surface area contributed by atoms with E-state index in [1.807, 2.05) is 64.1 Å². The number of ether oxygens (including phenoxy) is 1. The topological polar surface area (TPSA) is 97.6 Å². The number of aromatic nitrogens is 3. The molecule has 11 heteroatoms. The molecule has 1 fully saturated rings. The molecule has 4 aromatic rings. The van der Waals surface area contributed by atoms with Crippen LogP contribution < -0.4 is 4.90 Å². The molecule has 6 rings (SSSR count). The Morgan fingerprint density at radius 1 is 1.00 bits per heavy atom. The molecule has 0 N–H and O–H groups in total. The summed E-state index contributed by atoms with van der Waals surface area (Å²) in [4.78, 5) is 15.6. The third kappa shape index (κ3) is 5.49. The normalized spacial score (nSPS) is 18.1. The summed E-state index contributed by atoms with van der Waals surface area (Å²) in [6.07, 6.45) is 0.835. The van der Waals surface area contributed by atoms with Crippen LogP contribution in [-0.4, -0.2) is 71.5 Å². The Balaban J connectivity index is 1.33. The van der Waals surface area contributed by atoms with Crippen LogP contribution in [0.5, 0.6) is 0 Å². The molecule has 0 saturated carbocycles. The minimum atomic E-state index is -3.69. The molecule has 3 heterocycles. The molecule has 3 aromatic carbocycles. The van der Waals surface area contributed by atoms with Crippen molar-refractivity contribution in [3.63, 3.8) is 0 Å². The van der Waals surface area contributed by atoms with Crippen LogP contribution in [0.3, 0.4) is 0 Å². The van der Waals surface area contributed by atoms with Crippen molar-refractivity contribution >= 4 is 33.4 Å². The van der Waals surface area contributed by atoms with Crippen LogP contribution >= 0.6 is 11.8 Å². The van der Waals surface area contributed by atoms with Gasteiger partial charge in [-0.2, -0.15) is 4.31 Å². The highest BCUT2D eigenvalue weighted by Gasteiger charge is 2.32. The van der Waals surface area contributed by atoms with Crippen LogP contribution in [0.1, 0.15) is 31.0 Å². The second-order valence-electron chi connectivity index (χ2n) is 10.5. The van der Waals surface area contributed by atoms with Crippen molar-refractivity contribution in [2.75, 3.05) is 37.0 Å². The van der Waals surface area contributed by atoms with Crippen molar-refractivity contribution in [1.82, 2.24) is 19.1 Å². The number of thioether (sulfide) groups is 1. The average Bonchev–Trinajstić information content (AvgIpc) is 3.60. The Bertz CT molecular complexity index is 1690. The Morgan fingerprint density at radius 3 is 2.52 bits per heavy atom. The number of rotatable bonds is 8. The summed E-state index contributed by atoms with van der Waals surface area (Å²) in [5, 5.41) is 9.64. The van der Waals surface area contributed by atoms with Gasteiger partial charge in [-0.15, -0.1) is 10.2 Å². The van der Waals surface area contributed by atoms with Crippen molar-refractivity contribution in [2.45, 2.75) is 42.4 Å². The largest absolute Gasteiger partial charge is 0.379 e. The van der Waals surface area contributed by atoms with Gasteiger partial charge in [0.15, 0.2) is 11.0 Å². The highest BCUT2D eigenvalue weighted by molar-refractivity contribution is 7.99. The summed E-state index contributed by atoms with van der Waals surface area (Å²) in [6.45, 7) is 5.52. The number of hydrogen-bond acceptors (Lipinski definition) is 7. The summed E-state index contributed by atoms with van der Waals surface area (Å²) in [5.41, 5.74) is 3.83. The number of anilines is 1. The molecular formula is C31H33N5O4S2. The van der Waals surface area contributed by atoms with E-state index in [0.717, 1.165) is 17.7 Å². The third-order valence-corrected chi connectivity index (χ3v) is 10.7. The number of hydrogen-bond donors (Lipinski definition) is 0. The Kier molecular flexibility index (Phi) is 8.17. The van der Waals surface area contributed by atoms with Crippen molar-refractivity contribution in [1.29, 1.82) is 0 Å². The standard InChI is InChI=1S/C31H33N5O4S2/c1-22-19-25-11-6-7-14-28(25)35(22)29(37)21-41-31-33-32-30(36(31)23(2)24-9-4-3-5-10-24)26-12-8-13-27(20-26)42(38,39)34-15-17-40-18-16-34/h3-14,20,22-23H,15-19,21H2,1-2H3/t22-,23+/m1/s1. The molecule has 42 heavy (non-hydrogen) atoms. The molecule has 2 aliphatic rings. The molecule has 0 unspecified atom stereocenters. The number of sulfonamides is 1. The highest BCUT2D eigenvalue weighted by atomic mass is 32.2. The number of carbonyl (C=O) groups is 1. The second kappa shape index (κ2) is 12.0. The first-order chi connectivity index (χ1) is 20.3. The summed E-state index contributed by atoms with van der Waals surface area (Å²) in [7, 11) is -3.69. The predicted molar refractivity (Wildman–Crippen MR) is 163 cm³/mol. The predicted octanol–water partition coefficient (Wildman–Crippen LogP) is 4.65. The quantitative estimate of drug-likeness (QED) is 0.271. The first kappa shape index (κ1) is 28.6. The molecule has 1 saturated heterocycles. The van der Waals surface area contributed by atoms with Gasteiger partial charge in [0.2, 0.25) is 15.9 Å². The van der Waals surface area contributed by atoms with E-state index >= 15 is 0 Å². The number of morpholine rings is 1. The molecule has 0 radical (unpaired) electrons. The second-order valence-corrected chi connectivity index (χ2v) is 13.4. The molecule has 0 bridgehead atoms. The van der Waals surface area contributed by atoms with E-state index < -0.39 is 10.0 Å². The van der Waals surface area contributed by atoms with Crippen molar-refractivity contribution in [2.24, 2.45) is 0 Å². The van der Waals surface area contributed by atoms with Crippen LogP contribution in [0.15, 0.2) is 88.9 Å². The van der Waals surface area contributed by atoms with Gasteiger partial charge in [0.05, 0.1) is 29.9 Å². The van der Waals surface area contributed by atoms with Gasteiger partial charge in [0.25, 0.3) is 0 Å². The number of nitrogens with zero attached hydrogens (tertiary/aromatic N) is 5. The van der Waals surface area contributed by atoms with E-state index in [-0.39, 0.29) is 28.6 Å². The molecule has 0 spiro atoms. The molecule has 9 nitrogen and oxygen atoms in total. The van der Waals surface area contributed by atoms with E-state index in [1.165, 1.54) is 21.6 Å². The van der Waals surface area contributed by atoms with Crippen LogP contribution in [-0.2, 0) is 26.0 Å². The maximum atomic E-state index is 13.5. The van der Waals surface area contributed by atoms with Crippen LogP contribution in [0.25, 0.3) is 11.4 Å². The number of amides is 1. The van der Waals surface area contributed by atoms with E-state index in [2.05, 4.69) is 30.1 Å². The van der Waals surface area contributed by atoms with Crippen LogP contribution in [0.4, 0.5) is 5.69 Å². The molecule has 0 aliphatic carbocycles. The van der Waals surface area contributed by atoms with Gasteiger partial charge in [0, 0.05) is 30.4 Å². The number of fused-ring (bicyclic) bond motifs is 1. The SMILES string of the molecule is C[C@@H]1Cc2ccccc2N1C(=O)CSc1nnc(-c2cccc(S(=O)(=O)N3CCOCC3)c2)n1[C@@H](C)c1ccccc1. The molecule has 218 valence electrons. The minimum Gasteiger partial charge on any atom is -0.379 e. The maximum absolute atomic E-state index is 13.5. The fourth-order valence-electron chi connectivity index (χ4n) is 5.68. The molecule has 2 atom stereocenters. The van der Waals surface area contributed by atoms with Gasteiger partial charge in [-0.1, -0.05) is 72.4 Å². The van der Waals surface area contributed by atoms with Crippen molar-refractivity contribution in [3.8, 4) is 11.4 Å². The van der Waals surface area contributed by atoms with Crippen molar-refractivity contribution in [3.05, 3.63) is 90.0 Å². The molecular weight excluding hydrogens is 571 g/mol. The summed E-state index contributed by atoms with van der Waals surface area (Å²) in [6, 6.07) is 24.8. The van der Waals surface area contributed by atoms with Gasteiger partial charge in [-0.05, 0) is 49.6 Å². The number of carbonyl (C=O) groups excluding carboxylic acids is 1. The first-order valence-corrected chi connectivity index (χ1v) is 16.5. The Labute approximate surface area is 250 Å². The average molecular weight is 604 g/mol. The molecule has 1 amide bonds. The fourth-order valence-corrected chi connectivity index (χ4v) is 8.00. The molecule has 2 aliphatic heterocycles. The summed E-state index contributed by atoms with van der Waals surface area (Å²) < 4.78 is 35.6. The van der Waals surface area contributed by atoms with Crippen molar-refractivity contribution < 1.29 is 17.9 Å². The van der Waals surface area contributed by atoms with Gasteiger partial charge in [-0.3, -0.25) is 9.36 Å². The summed E-state index contributed by atoms with van der Waals surface area (Å²) in [5.74, 6) is 0.753. The third-order valence-electron chi connectivity index (χ3n) is 7.83. The Morgan fingerprint density at radius 2 is 1.74 bits per heavy atom. The van der Waals surface area contributed by atoms with Crippen LogP contribution in [0, 0.1) is 0 Å². The first-order valence-electron chi connectivity index (χ1n) is 14.1. The minimum absolute atomic E-state index is 0.0134. The zero-order valence-corrected chi connectivity index (χ0v) is 25.2. The zero-order chi connectivity index (χ0) is 29.3. The lowest BCUT2D eigenvalue weighted by molar-refractivity contribution is -0.116.